The van der Waals surface area contributed by atoms with Crippen LogP contribution >= 0.6 is 0 Å². The zero-order valence-electron chi connectivity index (χ0n) is 9.73. The topological polar surface area (TPSA) is 49.8 Å². The first-order valence-electron chi connectivity index (χ1n) is 6.33. The Morgan fingerprint density at radius 2 is 2.06 bits per heavy atom. The Morgan fingerprint density at radius 3 is 2.75 bits per heavy atom. The van der Waals surface area contributed by atoms with Crippen molar-refractivity contribution in [1.29, 1.82) is 0 Å². The second-order valence-corrected chi connectivity index (χ2v) is 4.78. The van der Waals surface area contributed by atoms with Crippen molar-refractivity contribution in [1.82, 2.24) is 4.90 Å². The minimum Gasteiger partial charge on any atom is -0.396 e. The molecule has 0 aromatic heterocycles. The number of ether oxygens (including phenoxy) is 1. The molecule has 1 heterocycles. The monoisotopic (exact) mass is 227 g/mol. The molecule has 0 aromatic rings. The Kier molecular flexibility index (Phi) is 4.18. The molecule has 4 heteroatoms. The van der Waals surface area contributed by atoms with Crippen molar-refractivity contribution in [3.63, 3.8) is 0 Å². The fourth-order valence-corrected chi connectivity index (χ4v) is 2.71. The molecule has 0 bridgehead atoms. The minimum atomic E-state index is 0.0321. The van der Waals surface area contributed by atoms with Crippen molar-refractivity contribution >= 4 is 5.91 Å². The molecule has 1 atom stereocenters. The van der Waals surface area contributed by atoms with Gasteiger partial charge in [0.15, 0.2) is 0 Å². The highest BCUT2D eigenvalue weighted by molar-refractivity contribution is 5.78. The lowest BCUT2D eigenvalue weighted by atomic mass is 9.93. The van der Waals surface area contributed by atoms with Gasteiger partial charge in [0.1, 0.15) is 6.61 Å². The molecular formula is C12H21NO3. The summed E-state index contributed by atoms with van der Waals surface area (Å²) in [7, 11) is 0. The highest BCUT2D eigenvalue weighted by atomic mass is 16.5. The van der Waals surface area contributed by atoms with Crippen LogP contribution in [0.3, 0.4) is 0 Å². The molecule has 1 N–H and O–H groups in total. The smallest absolute Gasteiger partial charge is 0.248 e. The number of morpholine rings is 1. The van der Waals surface area contributed by atoms with Gasteiger partial charge in [-0.3, -0.25) is 4.79 Å². The summed E-state index contributed by atoms with van der Waals surface area (Å²) in [5.74, 6) is 0.126. The van der Waals surface area contributed by atoms with E-state index in [-0.39, 0.29) is 25.2 Å². The van der Waals surface area contributed by atoms with Gasteiger partial charge in [0.2, 0.25) is 5.91 Å². The molecule has 1 saturated heterocycles. The fraction of sp³-hybridized carbons (Fsp3) is 0.917. The molecule has 1 aliphatic carbocycles. The Labute approximate surface area is 96.6 Å². The van der Waals surface area contributed by atoms with E-state index in [2.05, 4.69) is 0 Å². The molecule has 1 saturated carbocycles. The number of aliphatic hydroxyl groups is 1. The van der Waals surface area contributed by atoms with E-state index in [0.29, 0.717) is 19.0 Å². The molecule has 16 heavy (non-hydrogen) atoms. The average molecular weight is 227 g/mol. The van der Waals surface area contributed by atoms with Gasteiger partial charge in [-0.1, -0.05) is 19.3 Å². The maximum atomic E-state index is 11.8. The normalized spacial score (nSPS) is 28.4. The average Bonchev–Trinajstić information content (AvgIpc) is 2.33. The molecule has 0 aromatic carbocycles. The van der Waals surface area contributed by atoms with E-state index in [9.17, 15) is 4.79 Å². The summed E-state index contributed by atoms with van der Waals surface area (Å²) < 4.78 is 5.40. The first-order valence-corrected chi connectivity index (χ1v) is 6.33. The van der Waals surface area contributed by atoms with Gasteiger partial charge < -0.3 is 14.7 Å². The second-order valence-electron chi connectivity index (χ2n) is 4.78. The molecule has 2 aliphatic rings. The van der Waals surface area contributed by atoms with Crippen LogP contribution in [0.1, 0.15) is 38.5 Å². The quantitative estimate of drug-likeness (QED) is 0.780. The summed E-state index contributed by atoms with van der Waals surface area (Å²) in [5.41, 5.74) is 0. The minimum absolute atomic E-state index is 0.0321. The number of hydrogen-bond acceptors (Lipinski definition) is 3. The number of nitrogens with zero attached hydrogens (tertiary/aromatic N) is 1. The van der Waals surface area contributed by atoms with Crippen molar-refractivity contribution in [3.8, 4) is 0 Å². The van der Waals surface area contributed by atoms with Crippen LogP contribution in [0.5, 0.6) is 0 Å². The van der Waals surface area contributed by atoms with Gasteiger partial charge >= 0.3 is 0 Å². The third-order valence-electron chi connectivity index (χ3n) is 3.63. The third kappa shape index (κ3) is 2.74. The van der Waals surface area contributed by atoms with E-state index >= 15 is 0 Å². The van der Waals surface area contributed by atoms with Crippen molar-refractivity contribution in [3.05, 3.63) is 0 Å². The molecule has 2 fully saturated rings. The standard InChI is InChI=1S/C12H21NO3/c14-7-6-11-8-13(12(15)9-16-11)10-4-2-1-3-5-10/h10-11,14H,1-9H2. The number of carbonyl (C=O) groups is 1. The van der Waals surface area contributed by atoms with Crippen molar-refractivity contribution in [2.75, 3.05) is 19.8 Å². The van der Waals surface area contributed by atoms with E-state index in [1.165, 1.54) is 19.3 Å². The Bertz CT molecular complexity index is 238. The van der Waals surface area contributed by atoms with Crippen molar-refractivity contribution < 1.29 is 14.6 Å². The van der Waals surface area contributed by atoms with E-state index in [0.717, 1.165) is 12.8 Å². The lowest BCUT2D eigenvalue weighted by Crippen LogP contribution is -2.52. The Morgan fingerprint density at radius 1 is 1.31 bits per heavy atom. The van der Waals surface area contributed by atoms with E-state index in [4.69, 9.17) is 9.84 Å². The zero-order chi connectivity index (χ0) is 11.4. The summed E-state index contributed by atoms with van der Waals surface area (Å²) in [6.07, 6.45) is 6.71. The maximum absolute atomic E-state index is 11.8. The molecular weight excluding hydrogens is 206 g/mol. The summed E-state index contributed by atoms with van der Waals surface area (Å²) in [4.78, 5) is 13.8. The molecule has 0 spiro atoms. The highest BCUT2D eigenvalue weighted by Crippen LogP contribution is 2.25. The molecule has 1 unspecified atom stereocenters. The van der Waals surface area contributed by atoms with Crippen LogP contribution in [-0.2, 0) is 9.53 Å². The molecule has 92 valence electrons. The number of amides is 1. The summed E-state index contributed by atoms with van der Waals surface area (Å²) >= 11 is 0. The summed E-state index contributed by atoms with van der Waals surface area (Å²) in [6.45, 7) is 1.00. The maximum Gasteiger partial charge on any atom is 0.248 e. The van der Waals surface area contributed by atoms with E-state index in [1.807, 2.05) is 4.90 Å². The van der Waals surface area contributed by atoms with Crippen LogP contribution in [-0.4, -0.2) is 47.8 Å². The zero-order valence-corrected chi connectivity index (χ0v) is 9.73. The number of carbonyl (C=O) groups excluding carboxylic acids is 1. The van der Waals surface area contributed by atoms with Crippen LogP contribution in [0.2, 0.25) is 0 Å². The predicted molar refractivity (Wildman–Crippen MR) is 60.0 cm³/mol. The summed E-state index contributed by atoms with van der Waals surface area (Å²) in [6, 6.07) is 0.423. The van der Waals surface area contributed by atoms with Gasteiger partial charge in [0, 0.05) is 19.2 Å². The number of rotatable bonds is 3. The number of hydrogen-bond donors (Lipinski definition) is 1. The van der Waals surface area contributed by atoms with Crippen molar-refractivity contribution in [2.45, 2.75) is 50.7 Å². The van der Waals surface area contributed by atoms with Gasteiger partial charge in [-0.2, -0.15) is 0 Å². The molecule has 4 nitrogen and oxygen atoms in total. The lowest BCUT2D eigenvalue weighted by Gasteiger charge is -2.39. The SMILES string of the molecule is O=C1COC(CCO)CN1C1CCCCC1. The molecule has 1 amide bonds. The van der Waals surface area contributed by atoms with Crippen LogP contribution in [0.4, 0.5) is 0 Å². The van der Waals surface area contributed by atoms with Gasteiger partial charge in [0.05, 0.1) is 6.10 Å². The van der Waals surface area contributed by atoms with Crippen molar-refractivity contribution in [2.24, 2.45) is 0 Å². The van der Waals surface area contributed by atoms with Crippen LogP contribution in [0.25, 0.3) is 0 Å². The van der Waals surface area contributed by atoms with E-state index in [1.54, 1.807) is 0 Å². The van der Waals surface area contributed by atoms with Crippen LogP contribution in [0, 0.1) is 0 Å². The summed E-state index contributed by atoms with van der Waals surface area (Å²) in [5, 5.41) is 8.90. The van der Waals surface area contributed by atoms with Gasteiger partial charge in [-0.15, -0.1) is 0 Å². The molecule has 2 rings (SSSR count). The third-order valence-corrected chi connectivity index (χ3v) is 3.63. The first-order chi connectivity index (χ1) is 7.81. The molecule has 0 radical (unpaired) electrons. The first kappa shape index (κ1) is 11.9. The number of aliphatic hydroxyl groups excluding tert-OH is 1. The van der Waals surface area contributed by atoms with Gasteiger partial charge in [-0.25, -0.2) is 0 Å². The Hall–Kier alpha value is -0.610. The van der Waals surface area contributed by atoms with Gasteiger partial charge in [-0.05, 0) is 19.3 Å². The van der Waals surface area contributed by atoms with Crippen LogP contribution < -0.4 is 0 Å². The second kappa shape index (κ2) is 5.64. The Balaban J connectivity index is 1.91. The largest absolute Gasteiger partial charge is 0.396 e. The highest BCUT2D eigenvalue weighted by Gasteiger charge is 2.31. The molecule has 1 aliphatic heterocycles. The predicted octanol–water partition coefficient (Wildman–Crippen LogP) is 0.929. The van der Waals surface area contributed by atoms with E-state index < -0.39 is 0 Å². The van der Waals surface area contributed by atoms with Gasteiger partial charge in [0.25, 0.3) is 0 Å². The lowest BCUT2D eigenvalue weighted by molar-refractivity contribution is -0.154. The van der Waals surface area contributed by atoms with Crippen LogP contribution in [0.15, 0.2) is 0 Å². The fourth-order valence-electron chi connectivity index (χ4n) is 2.71.